The molecule has 0 fully saturated rings. The van der Waals surface area contributed by atoms with Gasteiger partial charge in [-0.2, -0.15) is 5.10 Å². The number of aromatic nitrogens is 2. The van der Waals surface area contributed by atoms with Crippen LogP contribution in [0.25, 0.3) is 0 Å². The summed E-state index contributed by atoms with van der Waals surface area (Å²) in [5, 5.41) is 4.31. The molecule has 0 saturated heterocycles. The summed E-state index contributed by atoms with van der Waals surface area (Å²) in [6.07, 6.45) is 2.89. The molecule has 0 aliphatic heterocycles. The van der Waals surface area contributed by atoms with E-state index in [-0.39, 0.29) is 6.04 Å². The highest BCUT2D eigenvalue weighted by molar-refractivity contribution is 9.10. The van der Waals surface area contributed by atoms with Crippen molar-refractivity contribution in [2.45, 2.75) is 25.9 Å². The number of likely N-dealkylation sites (N-methyl/N-ethyl adjacent to an activating group) is 1. The maximum absolute atomic E-state index is 6.14. The summed E-state index contributed by atoms with van der Waals surface area (Å²) in [5.74, 6) is 0. The molecule has 1 aromatic rings. The van der Waals surface area contributed by atoms with Crippen LogP contribution in [-0.2, 0) is 6.54 Å². The lowest BCUT2D eigenvalue weighted by atomic mass is 10.2. The molecule has 0 aliphatic carbocycles. The second-order valence-corrected chi connectivity index (χ2v) is 4.82. The lowest BCUT2D eigenvalue weighted by Crippen LogP contribution is -2.28. The zero-order valence-corrected chi connectivity index (χ0v) is 11.2. The van der Waals surface area contributed by atoms with Gasteiger partial charge in [-0.15, -0.1) is 0 Å². The highest BCUT2D eigenvalue weighted by Crippen LogP contribution is 2.22. The first-order valence-electron chi connectivity index (χ1n) is 5.17. The molecule has 5 heteroatoms. The highest BCUT2D eigenvalue weighted by Gasteiger charge is 2.16. The average Bonchev–Trinajstić information content (AvgIpc) is 2.46. The number of nitrogens with two attached hydrogens (primary N) is 1. The molecule has 0 bridgehead atoms. The normalized spacial score (nSPS) is 13.5. The van der Waals surface area contributed by atoms with Gasteiger partial charge in [0, 0.05) is 13.1 Å². The van der Waals surface area contributed by atoms with E-state index in [0.29, 0.717) is 0 Å². The van der Waals surface area contributed by atoms with Crippen molar-refractivity contribution in [2.24, 2.45) is 5.73 Å². The number of hydrogen-bond acceptors (Lipinski definition) is 3. The van der Waals surface area contributed by atoms with E-state index in [9.17, 15) is 0 Å². The minimum absolute atomic E-state index is 0.00317. The molecule has 0 amide bonds. The number of hydrogen-bond donors (Lipinski definition) is 1. The molecule has 1 atom stereocenters. The van der Waals surface area contributed by atoms with Crippen LogP contribution in [0.15, 0.2) is 10.7 Å². The highest BCUT2D eigenvalue weighted by atomic mass is 79.9. The molecule has 2 N–H and O–H groups in total. The minimum Gasteiger partial charge on any atom is -0.322 e. The van der Waals surface area contributed by atoms with Crippen molar-refractivity contribution in [3.63, 3.8) is 0 Å². The van der Waals surface area contributed by atoms with Crippen LogP contribution in [0.3, 0.4) is 0 Å². The van der Waals surface area contributed by atoms with Crippen LogP contribution in [0.1, 0.15) is 25.1 Å². The van der Waals surface area contributed by atoms with Gasteiger partial charge in [-0.25, -0.2) is 0 Å². The van der Waals surface area contributed by atoms with Gasteiger partial charge in [-0.05, 0) is 36.4 Å². The SMILES string of the molecule is CCCn1ncc(Br)c1C(N)CN(C)C. The molecule has 0 radical (unpaired) electrons. The molecule has 0 spiro atoms. The standard InChI is InChI=1S/C10H19BrN4/c1-4-5-15-10(8(11)6-13-15)9(12)7-14(2)3/h6,9H,4-5,7,12H2,1-3H3. The monoisotopic (exact) mass is 274 g/mol. The third-order valence-electron chi connectivity index (χ3n) is 2.18. The quantitative estimate of drug-likeness (QED) is 0.888. The molecule has 1 rings (SSSR count). The molecule has 1 aromatic heterocycles. The molecule has 15 heavy (non-hydrogen) atoms. The summed E-state index contributed by atoms with van der Waals surface area (Å²) in [5.41, 5.74) is 7.23. The maximum atomic E-state index is 6.14. The van der Waals surface area contributed by atoms with Crippen LogP contribution in [0.2, 0.25) is 0 Å². The fraction of sp³-hybridized carbons (Fsp3) is 0.700. The fourth-order valence-electron chi connectivity index (χ4n) is 1.61. The Balaban J connectivity index is 2.85. The molecule has 4 nitrogen and oxygen atoms in total. The minimum atomic E-state index is 0.00317. The molecular formula is C10H19BrN4. The van der Waals surface area contributed by atoms with Crippen LogP contribution in [0, 0.1) is 0 Å². The van der Waals surface area contributed by atoms with Crippen molar-refractivity contribution < 1.29 is 0 Å². The zero-order chi connectivity index (χ0) is 11.4. The fourth-order valence-corrected chi connectivity index (χ4v) is 2.20. The Morgan fingerprint density at radius 3 is 2.80 bits per heavy atom. The third kappa shape index (κ3) is 3.29. The van der Waals surface area contributed by atoms with Crippen molar-refractivity contribution in [1.82, 2.24) is 14.7 Å². The first kappa shape index (κ1) is 12.7. The summed E-state index contributed by atoms with van der Waals surface area (Å²) in [6.45, 7) is 3.88. The van der Waals surface area contributed by atoms with Gasteiger partial charge in [0.15, 0.2) is 0 Å². The summed E-state index contributed by atoms with van der Waals surface area (Å²) in [4.78, 5) is 2.08. The van der Waals surface area contributed by atoms with Gasteiger partial charge >= 0.3 is 0 Å². The van der Waals surface area contributed by atoms with E-state index in [1.807, 2.05) is 25.0 Å². The average molecular weight is 275 g/mol. The Labute approximate surface area is 99.6 Å². The molecule has 1 heterocycles. The predicted octanol–water partition coefficient (Wildman–Crippen LogP) is 1.62. The molecule has 0 saturated carbocycles. The molecule has 86 valence electrons. The van der Waals surface area contributed by atoms with E-state index in [2.05, 4.69) is 32.9 Å². The van der Waals surface area contributed by atoms with Crippen LogP contribution < -0.4 is 5.73 Å². The van der Waals surface area contributed by atoms with Crippen LogP contribution in [0.5, 0.6) is 0 Å². The van der Waals surface area contributed by atoms with Gasteiger partial charge in [0.25, 0.3) is 0 Å². The second-order valence-electron chi connectivity index (χ2n) is 3.97. The van der Waals surface area contributed by atoms with Crippen molar-refractivity contribution >= 4 is 15.9 Å². The molecular weight excluding hydrogens is 256 g/mol. The Morgan fingerprint density at radius 1 is 1.60 bits per heavy atom. The summed E-state index contributed by atoms with van der Waals surface area (Å²) < 4.78 is 2.99. The van der Waals surface area contributed by atoms with Gasteiger partial charge in [0.1, 0.15) is 0 Å². The van der Waals surface area contributed by atoms with Gasteiger partial charge in [-0.3, -0.25) is 4.68 Å². The van der Waals surface area contributed by atoms with Gasteiger partial charge in [-0.1, -0.05) is 6.92 Å². The number of nitrogens with zero attached hydrogens (tertiary/aromatic N) is 3. The van der Waals surface area contributed by atoms with Crippen molar-refractivity contribution in [2.75, 3.05) is 20.6 Å². The van der Waals surface area contributed by atoms with E-state index >= 15 is 0 Å². The zero-order valence-electron chi connectivity index (χ0n) is 9.57. The van der Waals surface area contributed by atoms with Gasteiger partial charge < -0.3 is 10.6 Å². The van der Waals surface area contributed by atoms with E-state index in [0.717, 1.165) is 29.7 Å². The van der Waals surface area contributed by atoms with Crippen molar-refractivity contribution in [1.29, 1.82) is 0 Å². The Kier molecular flexibility index (Phi) is 4.76. The van der Waals surface area contributed by atoms with Crippen molar-refractivity contribution in [3.8, 4) is 0 Å². The summed E-state index contributed by atoms with van der Waals surface area (Å²) >= 11 is 3.50. The number of rotatable bonds is 5. The lowest BCUT2D eigenvalue weighted by molar-refractivity contribution is 0.364. The largest absolute Gasteiger partial charge is 0.322 e. The van der Waals surface area contributed by atoms with Crippen LogP contribution >= 0.6 is 15.9 Å². The first-order chi connectivity index (χ1) is 7.06. The maximum Gasteiger partial charge on any atom is 0.0706 e. The Bertz CT molecular complexity index is 308. The Morgan fingerprint density at radius 2 is 2.27 bits per heavy atom. The predicted molar refractivity (Wildman–Crippen MR) is 65.7 cm³/mol. The molecule has 0 aromatic carbocycles. The van der Waals surface area contributed by atoms with E-state index < -0.39 is 0 Å². The van der Waals surface area contributed by atoms with E-state index in [1.54, 1.807) is 0 Å². The van der Waals surface area contributed by atoms with E-state index in [4.69, 9.17) is 5.73 Å². The van der Waals surface area contributed by atoms with Crippen LogP contribution in [0.4, 0.5) is 0 Å². The van der Waals surface area contributed by atoms with Gasteiger partial charge in [0.05, 0.1) is 22.4 Å². The smallest absolute Gasteiger partial charge is 0.0706 e. The molecule has 1 unspecified atom stereocenters. The second kappa shape index (κ2) is 5.63. The topological polar surface area (TPSA) is 47.1 Å². The van der Waals surface area contributed by atoms with E-state index in [1.165, 1.54) is 0 Å². The Hall–Kier alpha value is -0.390. The summed E-state index contributed by atoms with van der Waals surface area (Å²) in [7, 11) is 4.04. The van der Waals surface area contributed by atoms with Gasteiger partial charge in [0.2, 0.25) is 0 Å². The lowest BCUT2D eigenvalue weighted by Gasteiger charge is -2.18. The first-order valence-corrected chi connectivity index (χ1v) is 5.97. The number of halogens is 1. The number of aryl methyl sites for hydroxylation is 1. The van der Waals surface area contributed by atoms with Crippen molar-refractivity contribution in [3.05, 3.63) is 16.4 Å². The molecule has 0 aliphatic rings. The summed E-state index contributed by atoms with van der Waals surface area (Å²) in [6, 6.07) is 0.00317. The van der Waals surface area contributed by atoms with Crippen LogP contribution in [-0.4, -0.2) is 35.3 Å². The third-order valence-corrected chi connectivity index (χ3v) is 2.79.